The fourth-order valence-electron chi connectivity index (χ4n) is 5.82. The maximum Gasteiger partial charge on any atom is 0.300 e. The lowest BCUT2D eigenvalue weighted by molar-refractivity contribution is 0.134. The summed E-state index contributed by atoms with van der Waals surface area (Å²) in [5.41, 5.74) is 4.45. The van der Waals surface area contributed by atoms with E-state index in [1.165, 1.54) is 36.1 Å². The lowest BCUT2D eigenvalue weighted by Gasteiger charge is -2.57. The van der Waals surface area contributed by atoms with Crippen molar-refractivity contribution in [2.75, 3.05) is 19.6 Å². The zero-order valence-electron chi connectivity index (χ0n) is 25.5. The minimum Gasteiger partial charge on any atom is -0.551 e. The first-order valence-electron chi connectivity index (χ1n) is 15.5. The highest BCUT2D eigenvalue weighted by Crippen LogP contribution is 2.65. The molecule has 0 amide bonds. The number of rotatable bonds is 8. The highest BCUT2D eigenvalue weighted by atomic mass is 31.1. The summed E-state index contributed by atoms with van der Waals surface area (Å²) >= 11 is 0. The fraction of sp³-hybridized carbons (Fsp3) is 0.211. The van der Waals surface area contributed by atoms with Crippen LogP contribution in [0.25, 0.3) is 0 Å². The van der Waals surface area contributed by atoms with Gasteiger partial charge < -0.3 is 14.2 Å². The zero-order chi connectivity index (χ0) is 29.9. The molecule has 5 heteroatoms. The van der Waals surface area contributed by atoms with Gasteiger partial charge in [0.2, 0.25) is 0 Å². The van der Waals surface area contributed by atoms with Crippen LogP contribution < -0.4 is 16.2 Å². The first kappa shape index (κ1) is 30.9. The third-order valence-corrected chi connectivity index (χ3v) is 10.9. The molecule has 0 radical (unpaired) electrons. The van der Waals surface area contributed by atoms with Crippen LogP contribution in [0.15, 0.2) is 152 Å². The fourth-order valence-corrected chi connectivity index (χ4v) is 8.72. The average Bonchev–Trinajstić information content (AvgIpc) is 3.10. The van der Waals surface area contributed by atoms with Gasteiger partial charge in [-0.25, -0.2) is 0 Å². The number of hydrogen-bond donors (Lipinski definition) is 0. The first-order valence-corrected chi connectivity index (χ1v) is 16.9. The first-order chi connectivity index (χ1) is 21.2. The van der Waals surface area contributed by atoms with Crippen LogP contribution >= 0.6 is 7.92 Å². The molecule has 0 saturated carbocycles. The lowest BCUT2D eigenvalue weighted by Crippen LogP contribution is -2.65. The molecule has 0 bridgehead atoms. The monoisotopic (exact) mass is 586 g/mol. The maximum absolute atomic E-state index is 7.32. The largest absolute Gasteiger partial charge is 0.551 e. The van der Waals surface area contributed by atoms with E-state index in [1.54, 1.807) is 0 Å². The van der Waals surface area contributed by atoms with Crippen LogP contribution in [0.2, 0.25) is 0 Å². The number of benzene rings is 5. The van der Waals surface area contributed by atoms with E-state index >= 15 is 0 Å². The van der Waals surface area contributed by atoms with Crippen LogP contribution in [-0.4, -0.2) is 31.1 Å². The molecular formula is C38H42BNO2P-. The van der Waals surface area contributed by atoms with Gasteiger partial charge >= 0.3 is 0 Å². The van der Waals surface area contributed by atoms with Crippen LogP contribution in [-0.2, 0) is 9.31 Å². The van der Waals surface area contributed by atoms with E-state index in [9.17, 15) is 0 Å². The molecule has 5 aromatic rings. The van der Waals surface area contributed by atoms with Gasteiger partial charge in [0.15, 0.2) is 0 Å². The minimum atomic E-state index is -1.97. The van der Waals surface area contributed by atoms with Crippen LogP contribution in [0.4, 0.5) is 0 Å². The van der Waals surface area contributed by atoms with Crippen LogP contribution in [0.3, 0.4) is 0 Å². The molecule has 0 aliphatic carbocycles. The van der Waals surface area contributed by atoms with Gasteiger partial charge in [0, 0.05) is 0 Å². The molecule has 1 heterocycles. The summed E-state index contributed by atoms with van der Waals surface area (Å²) in [7, 11) is -0.914. The van der Waals surface area contributed by atoms with Crippen molar-refractivity contribution in [1.29, 1.82) is 0 Å². The molecule has 0 spiro atoms. The van der Waals surface area contributed by atoms with Gasteiger partial charge in [-0.15, -0.1) is 10.9 Å². The standard InChI is InChI=1S/C32H27BO2P.C6H15N/c1-6-16-26(17-7-1)31-34-33(28-20-10-3-11-21-28,29-22-12-4-13-23-29)35-32(27-18-8-2-9-19-27)36(31)30-24-14-5-15-25-30;1-4-7(5-2)6-3/h1-25,31-32H;4-6H2,1-3H3/q-1;. The lowest BCUT2D eigenvalue weighted by atomic mass is 9.46. The molecule has 5 aromatic carbocycles. The minimum absolute atomic E-state index is 0.150. The predicted octanol–water partition coefficient (Wildman–Crippen LogP) is 7.84. The Morgan fingerprint density at radius 2 is 0.814 bits per heavy atom. The molecule has 1 saturated heterocycles. The summed E-state index contributed by atoms with van der Waals surface area (Å²) in [5.74, 6) is -0.300. The van der Waals surface area contributed by atoms with Gasteiger partial charge in [-0.3, -0.25) is 0 Å². The molecule has 1 aliphatic heterocycles. The Kier molecular flexibility index (Phi) is 11.0. The Hall–Kier alpha value is -3.53. The predicted molar refractivity (Wildman–Crippen MR) is 185 cm³/mol. The second-order valence-corrected chi connectivity index (χ2v) is 13.0. The molecule has 220 valence electrons. The summed E-state index contributed by atoms with van der Waals surface area (Å²) in [5, 5.41) is 1.26. The van der Waals surface area contributed by atoms with Crippen molar-refractivity contribution in [2.45, 2.75) is 32.5 Å². The SMILES string of the molecule is CCN(CC)CC.c1ccc(C2O[B-](c3ccccc3)(c3ccccc3)OC(c3ccccc3)P2c2ccccc2)cc1. The van der Waals surface area contributed by atoms with Crippen LogP contribution in [0.5, 0.6) is 0 Å². The Bertz CT molecular complexity index is 1390. The van der Waals surface area contributed by atoms with E-state index in [-0.39, 0.29) is 11.7 Å². The zero-order valence-corrected chi connectivity index (χ0v) is 26.4. The second-order valence-electron chi connectivity index (χ2n) is 10.7. The number of nitrogens with zero attached hydrogens (tertiary/aromatic N) is 1. The van der Waals surface area contributed by atoms with Gasteiger partial charge in [-0.05, 0) is 44.0 Å². The van der Waals surface area contributed by atoms with Crippen molar-refractivity contribution in [3.8, 4) is 0 Å². The molecular weight excluding hydrogens is 544 g/mol. The topological polar surface area (TPSA) is 21.7 Å². The van der Waals surface area contributed by atoms with E-state index < -0.39 is 14.5 Å². The summed E-state index contributed by atoms with van der Waals surface area (Å²) in [6.07, 6.45) is 0. The third-order valence-electron chi connectivity index (χ3n) is 8.19. The van der Waals surface area contributed by atoms with E-state index in [1.807, 2.05) is 12.1 Å². The van der Waals surface area contributed by atoms with Crippen molar-refractivity contribution in [2.24, 2.45) is 0 Å². The molecule has 0 aromatic heterocycles. The molecule has 3 nitrogen and oxygen atoms in total. The van der Waals surface area contributed by atoms with Crippen LogP contribution in [0, 0.1) is 0 Å². The van der Waals surface area contributed by atoms with Crippen molar-refractivity contribution in [3.63, 3.8) is 0 Å². The quantitative estimate of drug-likeness (QED) is 0.137. The van der Waals surface area contributed by atoms with Crippen molar-refractivity contribution in [3.05, 3.63) is 163 Å². The maximum atomic E-state index is 7.32. The highest BCUT2D eigenvalue weighted by molar-refractivity contribution is 7.66. The Labute approximate surface area is 259 Å². The summed E-state index contributed by atoms with van der Waals surface area (Å²) in [4.78, 5) is 2.38. The smallest absolute Gasteiger partial charge is 0.300 e. The molecule has 0 N–H and O–H groups in total. The van der Waals surface area contributed by atoms with E-state index in [0.29, 0.717) is 0 Å². The summed E-state index contributed by atoms with van der Waals surface area (Å²) in [6, 6.07) is 52.9. The summed E-state index contributed by atoms with van der Waals surface area (Å²) < 4.78 is 14.6. The van der Waals surface area contributed by atoms with Gasteiger partial charge in [-0.1, -0.05) is 172 Å². The van der Waals surface area contributed by atoms with Gasteiger partial charge in [0.25, 0.3) is 6.55 Å². The Morgan fingerprint density at radius 1 is 0.488 bits per heavy atom. The van der Waals surface area contributed by atoms with Crippen molar-refractivity contribution >= 4 is 30.7 Å². The third kappa shape index (κ3) is 7.17. The highest BCUT2D eigenvalue weighted by Gasteiger charge is 2.46. The molecule has 2 unspecified atom stereocenters. The Morgan fingerprint density at radius 3 is 1.14 bits per heavy atom. The van der Waals surface area contributed by atoms with Crippen LogP contribution in [0.1, 0.15) is 43.6 Å². The molecule has 2 atom stereocenters. The van der Waals surface area contributed by atoms with E-state index in [0.717, 1.165) is 10.9 Å². The second kappa shape index (κ2) is 15.3. The van der Waals surface area contributed by atoms with Gasteiger partial charge in [0.1, 0.15) is 0 Å². The molecule has 1 aliphatic rings. The normalized spacial score (nSPS) is 19.3. The average molecular weight is 587 g/mol. The van der Waals surface area contributed by atoms with Gasteiger partial charge in [0.05, 0.1) is 11.7 Å². The van der Waals surface area contributed by atoms with Gasteiger partial charge in [-0.2, -0.15) is 0 Å². The summed E-state index contributed by atoms with van der Waals surface area (Å²) in [6.45, 7) is 8.15. The Balaban J connectivity index is 0.000000472. The van der Waals surface area contributed by atoms with E-state index in [2.05, 4.69) is 165 Å². The number of hydrogen-bond acceptors (Lipinski definition) is 3. The molecule has 43 heavy (non-hydrogen) atoms. The van der Waals surface area contributed by atoms with E-state index in [4.69, 9.17) is 9.31 Å². The van der Waals surface area contributed by atoms with Crippen molar-refractivity contribution in [1.82, 2.24) is 4.90 Å². The molecule has 6 rings (SSSR count). The van der Waals surface area contributed by atoms with Crippen molar-refractivity contribution < 1.29 is 9.31 Å². The molecule has 1 fully saturated rings.